The first-order chi connectivity index (χ1) is 11.7. The molecule has 6 nitrogen and oxygen atoms in total. The van der Waals surface area contributed by atoms with Crippen LogP contribution in [0.4, 0.5) is 11.5 Å². The Morgan fingerprint density at radius 1 is 1.17 bits per heavy atom. The lowest BCUT2D eigenvalue weighted by atomic mass is 10.2. The Morgan fingerprint density at radius 3 is 2.67 bits per heavy atom. The van der Waals surface area contributed by atoms with Gasteiger partial charge >= 0.3 is 0 Å². The van der Waals surface area contributed by atoms with Gasteiger partial charge in [0.2, 0.25) is 0 Å². The highest BCUT2D eigenvalue weighted by molar-refractivity contribution is 6.07. The van der Waals surface area contributed by atoms with Crippen molar-refractivity contribution < 1.29 is 4.79 Å². The molecule has 0 saturated heterocycles. The maximum Gasteiger partial charge on any atom is 0.259 e. The van der Waals surface area contributed by atoms with Crippen LogP contribution in [0.25, 0.3) is 0 Å². The number of aromatic nitrogens is 2. The van der Waals surface area contributed by atoms with Crippen molar-refractivity contribution in [3.05, 3.63) is 48.4 Å². The van der Waals surface area contributed by atoms with Gasteiger partial charge in [-0.25, -0.2) is 4.98 Å². The Hall–Kier alpha value is -2.47. The lowest BCUT2D eigenvalue weighted by Crippen LogP contribution is -2.25. The third kappa shape index (κ3) is 5.31. The van der Waals surface area contributed by atoms with Crippen LogP contribution >= 0.6 is 0 Å². The average Bonchev–Trinajstić information content (AvgIpc) is 2.63. The fraction of sp³-hybridized carbons (Fsp3) is 0.389. The monoisotopic (exact) mass is 327 g/mol. The van der Waals surface area contributed by atoms with Crippen molar-refractivity contribution in [1.29, 1.82) is 0 Å². The third-order valence-corrected chi connectivity index (χ3v) is 3.81. The molecular formula is C18H25N5O. The first kappa shape index (κ1) is 17.9. The summed E-state index contributed by atoms with van der Waals surface area (Å²) in [5.74, 6) is 0.417. The number of hydrogen-bond acceptors (Lipinski definition) is 5. The molecule has 0 bridgehead atoms. The molecule has 2 heterocycles. The number of amides is 1. The Balaban J connectivity index is 1.93. The third-order valence-electron chi connectivity index (χ3n) is 3.81. The largest absolute Gasteiger partial charge is 0.369 e. The fourth-order valence-corrected chi connectivity index (χ4v) is 2.41. The van der Waals surface area contributed by atoms with Crippen molar-refractivity contribution in [3.63, 3.8) is 0 Å². The van der Waals surface area contributed by atoms with Gasteiger partial charge in [-0.2, -0.15) is 0 Å². The Labute approximate surface area is 143 Å². The van der Waals surface area contributed by atoms with E-state index in [4.69, 9.17) is 0 Å². The van der Waals surface area contributed by atoms with Crippen molar-refractivity contribution in [2.24, 2.45) is 0 Å². The molecular weight excluding hydrogens is 302 g/mol. The SMILES string of the molecule is CCN(CC)CCCNc1ncccc1C(=O)Nc1cccnc1. The number of nitrogens with zero attached hydrogens (tertiary/aromatic N) is 3. The topological polar surface area (TPSA) is 70.2 Å². The minimum absolute atomic E-state index is 0.192. The van der Waals surface area contributed by atoms with Crippen LogP contribution in [0.1, 0.15) is 30.6 Å². The van der Waals surface area contributed by atoms with E-state index in [0.29, 0.717) is 17.1 Å². The van der Waals surface area contributed by atoms with Crippen LogP contribution in [-0.4, -0.2) is 47.0 Å². The summed E-state index contributed by atoms with van der Waals surface area (Å²) in [5, 5.41) is 6.11. The highest BCUT2D eigenvalue weighted by atomic mass is 16.1. The van der Waals surface area contributed by atoms with Crippen LogP contribution in [0.15, 0.2) is 42.9 Å². The molecule has 0 radical (unpaired) electrons. The second kappa shape index (κ2) is 9.62. The number of hydrogen-bond donors (Lipinski definition) is 2. The van der Waals surface area contributed by atoms with Gasteiger partial charge in [0.25, 0.3) is 5.91 Å². The van der Waals surface area contributed by atoms with Gasteiger partial charge in [0.1, 0.15) is 5.82 Å². The molecule has 2 N–H and O–H groups in total. The molecule has 0 saturated carbocycles. The van der Waals surface area contributed by atoms with Crippen LogP contribution < -0.4 is 10.6 Å². The zero-order valence-corrected chi connectivity index (χ0v) is 14.3. The quantitative estimate of drug-likeness (QED) is 0.693. The van der Waals surface area contributed by atoms with Crippen molar-refractivity contribution >= 4 is 17.4 Å². The molecule has 0 unspecified atom stereocenters. The Kier molecular flexibility index (Phi) is 7.17. The van der Waals surface area contributed by atoms with E-state index in [0.717, 1.165) is 32.6 Å². The van der Waals surface area contributed by atoms with Crippen LogP contribution in [-0.2, 0) is 0 Å². The van der Waals surface area contributed by atoms with E-state index in [1.54, 1.807) is 42.9 Å². The normalized spacial score (nSPS) is 10.6. The summed E-state index contributed by atoms with van der Waals surface area (Å²) in [4.78, 5) is 23.1. The second-order valence-electron chi connectivity index (χ2n) is 5.40. The van der Waals surface area contributed by atoms with E-state index in [-0.39, 0.29) is 5.91 Å². The van der Waals surface area contributed by atoms with E-state index >= 15 is 0 Å². The first-order valence-electron chi connectivity index (χ1n) is 8.37. The number of carbonyl (C=O) groups is 1. The summed E-state index contributed by atoms with van der Waals surface area (Å²) >= 11 is 0. The van der Waals surface area contributed by atoms with E-state index in [1.807, 2.05) is 0 Å². The molecule has 0 spiro atoms. The van der Waals surface area contributed by atoms with Gasteiger partial charge in [-0.1, -0.05) is 13.8 Å². The van der Waals surface area contributed by atoms with Crippen LogP contribution in [0.2, 0.25) is 0 Å². The summed E-state index contributed by atoms with van der Waals surface area (Å²) in [6, 6.07) is 7.12. The lowest BCUT2D eigenvalue weighted by Gasteiger charge is -2.18. The van der Waals surface area contributed by atoms with Gasteiger partial charge < -0.3 is 15.5 Å². The highest BCUT2D eigenvalue weighted by Crippen LogP contribution is 2.14. The molecule has 0 aliphatic heterocycles. The molecule has 24 heavy (non-hydrogen) atoms. The van der Waals surface area contributed by atoms with Crippen molar-refractivity contribution in [3.8, 4) is 0 Å². The van der Waals surface area contributed by atoms with Gasteiger partial charge in [0, 0.05) is 18.9 Å². The fourth-order valence-electron chi connectivity index (χ4n) is 2.41. The lowest BCUT2D eigenvalue weighted by molar-refractivity contribution is 0.102. The number of carbonyl (C=O) groups excluding carboxylic acids is 1. The smallest absolute Gasteiger partial charge is 0.259 e. The zero-order valence-electron chi connectivity index (χ0n) is 14.3. The summed E-state index contributed by atoms with van der Waals surface area (Å²) < 4.78 is 0. The molecule has 2 rings (SSSR count). The van der Waals surface area contributed by atoms with Gasteiger partial charge in [-0.3, -0.25) is 9.78 Å². The second-order valence-corrected chi connectivity index (χ2v) is 5.40. The maximum atomic E-state index is 12.4. The van der Waals surface area contributed by atoms with E-state index in [1.165, 1.54) is 0 Å². The summed E-state index contributed by atoms with van der Waals surface area (Å²) in [7, 11) is 0. The minimum Gasteiger partial charge on any atom is -0.369 e. The van der Waals surface area contributed by atoms with E-state index in [2.05, 4.69) is 39.3 Å². The highest BCUT2D eigenvalue weighted by Gasteiger charge is 2.12. The van der Waals surface area contributed by atoms with E-state index in [9.17, 15) is 4.79 Å². The first-order valence-corrected chi connectivity index (χ1v) is 8.37. The standard InChI is InChI=1S/C18H25N5O/c1-3-23(4-2)13-7-12-21-17-16(9-6-11-20-17)18(24)22-15-8-5-10-19-14-15/h5-6,8-11,14H,3-4,7,12-13H2,1-2H3,(H,20,21)(H,22,24). The molecule has 0 atom stereocenters. The molecule has 2 aromatic rings. The predicted octanol–water partition coefficient (Wildman–Crippen LogP) is 2.87. The van der Waals surface area contributed by atoms with Gasteiger partial charge in [-0.15, -0.1) is 0 Å². The van der Waals surface area contributed by atoms with Gasteiger partial charge in [0.15, 0.2) is 0 Å². The molecule has 0 fully saturated rings. The van der Waals surface area contributed by atoms with Crippen LogP contribution in [0.5, 0.6) is 0 Å². The maximum absolute atomic E-state index is 12.4. The molecule has 0 aliphatic carbocycles. The number of anilines is 2. The average molecular weight is 327 g/mol. The van der Waals surface area contributed by atoms with Crippen LogP contribution in [0.3, 0.4) is 0 Å². The molecule has 6 heteroatoms. The summed E-state index contributed by atoms with van der Waals surface area (Å²) in [6.45, 7) is 8.25. The van der Waals surface area contributed by atoms with E-state index < -0.39 is 0 Å². The van der Waals surface area contributed by atoms with Crippen molar-refractivity contribution in [2.75, 3.05) is 36.8 Å². The molecule has 0 aromatic carbocycles. The number of rotatable bonds is 9. The predicted molar refractivity (Wildman–Crippen MR) is 97.3 cm³/mol. The summed E-state index contributed by atoms with van der Waals surface area (Å²) in [5.41, 5.74) is 1.20. The minimum atomic E-state index is -0.192. The zero-order chi connectivity index (χ0) is 17.2. The van der Waals surface area contributed by atoms with Crippen molar-refractivity contribution in [1.82, 2.24) is 14.9 Å². The number of pyridine rings is 2. The van der Waals surface area contributed by atoms with Gasteiger partial charge in [0.05, 0.1) is 17.4 Å². The molecule has 128 valence electrons. The Morgan fingerprint density at radius 2 is 1.96 bits per heavy atom. The van der Waals surface area contributed by atoms with Crippen LogP contribution in [0, 0.1) is 0 Å². The molecule has 0 aliphatic rings. The molecule has 1 amide bonds. The van der Waals surface area contributed by atoms with Crippen molar-refractivity contribution in [2.45, 2.75) is 20.3 Å². The van der Waals surface area contributed by atoms with Gasteiger partial charge in [-0.05, 0) is 50.3 Å². The number of nitrogens with one attached hydrogen (secondary N) is 2. The molecule has 2 aromatic heterocycles. The summed E-state index contributed by atoms with van der Waals surface area (Å²) in [6.07, 6.45) is 5.98. The Bertz CT molecular complexity index is 628.